The van der Waals surface area contributed by atoms with Gasteiger partial charge in [-0.25, -0.2) is 0 Å². The van der Waals surface area contributed by atoms with Crippen LogP contribution in [0.4, 0.5) is 0 Å². The molecule has 1 aliphatic heterocycles. The van der Waals surface area contributed by atoms with Crippen molar-refractivity contribution in [1.29, 1.82) is 0 Å². The highest BCUT2D eigenvalue weighted by atomic mass is 16.2. The predicted molar refractivity (Wildman–Crippen MR) is 94.2 cm³/mol. The molecule has 0 fully saturated rings. The minimum atomic E-state index is -0.213. The van der Waals surface area contributed by atoms with E-state index >= 15 is 0 Å². The minimum Gasteiger partial charge on any atom is -0.352 e. The summed E-state index contributed by atoms with van der Waals surface area (Å²) in [6.45, 7) is 2.78. The zero-order chi connectivity index (χ0) is 17.5. The maximum atomic E-state index is 12.5. The van der Waals surface area contributed by atoms with Crippen molar-refractivity contribution in [3.05, 3.63) is 47.8 Å². The van der Waals surface area contributed by atoms with Crippen LogP contribution in [0, 0.1) is 0 Å². The normalized spacial score (nSPS) is 16.5. The standard InChI is InChI=1S/C18H21N5O2/c24-17-13-5-1-9-20-15(13)16-14(6-2-10-21-16)18(25)23-12-4-8-19-7-3-11-22-17/h1-2,5-6,9-10,19H,3-4,7-8,11-12H2,(H,22,24)(H,23,25). The summed E-state index contributed by atoms with van der Waals surface area (Å²) in [5.41, 5.74) is 1.66. The Morgan fingerprint density at radius 2 is 1.20 bits per heavy atom. The topological polar surface area (TPSA) is 96.0 Å². The van der Waals surface area contributed by atoms with Crippen LogP contribution in [-0.4, -0.2) is 48.0 Å². The van der Waals surface area contributed by atoms with Crippen molar-refractivity contribution in [3.8, 4) is 11.4 Å². The zero-order valence-corrected chi connectivity index (χ0v) is 13.9. The number of hydrogen-bond donors (Lipinski definition) is 3. The quantitative estimate of drug-likeness (QED) is 0.665. The monoisotopic (exact) mass is 339 g/mol. The average molecular weight is 339 g/mol. The van der Waals surface area contributed by atoms with E-state index in [2.05, 4.69) is 25.9 Å². The van der Waals surface area contributed by atoms with Gasteiger partial charge in [-0.05, 0) is 50.2 Å². The lowest BCUT2D eigenvalue weighted by molar-refractivity contribution is 0.0944. The Balaban J connectivity index is 2.01. The van der Waals surface area contributed by atoms with Crippen LogP contribution in [0.1, 0.15) is 33.6 Å². The second-order valence-corrected chi connectivity index (χ2v) is 5.77. The van der Waals surface area contributed by atoms with E-state index in [9.17, 15) is 9.59 Å². The van der Waals surface area contributed by atoms with Crippen LogP contribution in [0.5, 0.6) is 0 Å². The number of fused-ring (bicyclic) bond motifs is 3. The lowest BCUT2D eigenvalue weighted by Crippen LogP contribution is -2.29. The average Bonchev–Trinajstić information content (AvgIpc) is 2.66. The fraction of sp³-hybridized carbons (Fsp3) is 0.333. The first-order valence-electron chi connectivity index (χ1n) is 8.45. The van der Waals surface area contributed by atoms with Crippen LogP contribution in [0.25, 0.3) is 11.4 Å². The van der Waals surface area contributed by atoms with Gasteiger partial charge in [0.05, 0.1) is 11.1 Å². The largest absolute Gasteiger partial charge is 0.352 e. The Hall–Kier alpha value is -2.80. The molecule has 2 aromatic heterocycles. The number of nitrogens with one attached hydrogen (secondary N) is 3. The summed E-state index contributed by atoms with van der Waals surface area (Å²) in [6, 6.07) is 6.81. The van der Waals surface area contributed by atoms with Crippen LogP contribution >= 0.6 is 0 Å². The van der Waals surface area contributed by atoms with Gasteiger partial charge in [-0.15, -0.1) is 0 Å². The Morgan fingerprint density at radius 1 is 0.720 bits per heavy atom. The molecule has 2 aromatic rings. The highest BCUT2D eigenvalue weighted by Gasteiger charge is 2.20. The van der Waals surface area contributed by atoms with E-state index in [4.69, 9.17) is 0 Å². The zero-order valence-electron chi connectivity index (χ0n) is 13.9. The second kappa shape index (κ2) is 8.34. The van der Waals surface area contributed by atoms with Gasteiger partial charge in [0.25, 0.3) is 11.8 Å². The number of carbonyl (C=O) groups excluding carboxylic acids is 2. The van der Waals surface area contributed by atoms with Gasteiger partial charge in [0.2, 0.25) is 0 Å². The molecule has 0 atom stereocenters. The van der Waals surface area contributed by atoms with Crippen LogP contribution in [0.3, 0.4) is 0 Å². The first-order valence-corrected chi connectivity index (χ1v) is 8.45. The number of pyridine rings is 2. The van der Waals surface area contributed by atoms with Gasteiger partial charge < -0.3 is 16.0 Å². The van der Waals surface area contributed by atoms with Gasteiger partial charge in [-0.1, -0.05) is 0 Å². The summed E-state index contributed by atoms with van der Waals surface area (Å²) in [6.07, 6.45) is 4.87. The van der Waals surface area contributed by atoms with Crippen molar-refractivity contribution in [2.24, 2.45) is 0 Å². The molecule has 0 aliphatic carbocycles. The van der Waals surface area contributed by atoms with Crippen molar-refractivity contribution < 1.29 is 9.59 Å². The molecule has 0 bridgehead atoms. The van der Waals surface area contributed by atoms with Gasteiger partial charge in [0.15, 0.2) is 0 Å². The molecule has 1 aliphatic rings. The van der Waals surface area contributed by atoms with Gasteiger partial charge >= 0.3 is 0 Å². The van der Waals surface area contributed by atoms with E-state index in [0.29, 0.717) is 35.6 Å². The van der Waals surface area contributed by atoms with Gasteiger partial charge in [0, 0.05) is 25.5 Å². The molecule has 0 unspecified atom stereocenters. The number of carbonyl (C=O) groups is 2. The van der Waals surface area contributed by atoms with E-state index in [0.717, 1.165) is 25.9 Å². The van der Waals surface area contributed by atoms with Crippen molar-refractivity contribution in [2.75, 3.05) is 26.2 Å². The molecule has 0 saturated heterocycles. The predicted octanol–water partition coefficient (Wildman–Crippen LogP) is 0.987. The summed E-state index contributed by atoms with van der Waals surface area (Å²) in [7, 11) is 0. The third kappa shape index (κ3) is 4.19. The fourth-order valence-electron chi connectivity index (χ4n) is 2.70. The molecule has 0 radical (unpaired) electrons. The van der Waals surface area contributed by atoms with Crippen molar-refractivity contribution in [3.63, 3.8) is 0 Å². The molecule has 0 spiro atoms. The number of nitrogens with zero attached hydrogens (tertiary/aromatic N) is 2. The van der Waals surface area contributed by atoms with Gasteiger partial charge in [-0.2, -0.15) is 0 Å². The van der Waals surface area contributed by atoms with Gasteiger partial charge in [-0.3, -0.25) is 19.6 Å². The molecule has 3 heterocycles. The summed E-state index contributed by atoms with van der Waals surface area (Å²) in [5, 5.41) is 9.10. The minimum absolute atomic E-state index is 0.213. The number of rotatable bonds is 0. The molecule has 25 heavy (non-hydrogen) atoms. The number of hydrogen-bond acceptors (Lipinski definition) is 5. The van der Waals surface area contributed by atoms with E-state index in [1.165, 1.54) is 0 Å². The lowest BCUT2D eigenvalue weighted by atomic mass is 10.0. The van der Waals surface area contributed by atoms with Crippen molar-refractivity contribution in [2.45, 2.75) is 12.8 Å². The maximum Gasteiger partial charge on any atom is 0.253 e. The highest BCUT2D eigenvalue weighted by Crippen LogP contribution is 2.23. The first kappa shape index (κ1) is 17.0. The lowest BCUT2D eigenvalue weighted by Gasteiger charge is -2.12. The molecular formula is C18H21N5O2. The SMILES string of the molecule is O=C1NCCCNCCCNC(=O)c2cccnc2-c2ncccc21. The third-order valence-corrected chi connectivity index (χ3v) is 3.96. The molecule has 7 heteroatoms. The van der Waals surface area contributed by atoms with Crippen LogP contribution < -0.4 is 16.0 Å². The molecule has 130 valence electrons. The Labute approximate surface area is 146 Å². The molecule has 3 rings (SSSR count). The van der Waals surface area contributed by atoms with E-state index in [1.807, 2.05) is 0 Å². The summed E-state index contributed by atoms with van der Waals surface area (Å²) in [4.78, 5) is 33.7. The number of aromatic nitrogens is 2. The van der Waals surface area contributed by atoms with Crippen LogP contribution in [0.2, 0.25) is 0 Å². The van der Waals surface area contributed by atoms with Crippen LogP contribution in [-0.2, 0) is 0 Å². The third-order valence-electron chi connectivity index (χ3n) is 3.96. The fourth-order valence-corrected chi connectivity index (χ4v) is 2.70. The molecule has 3 N–H and O–H groups in total. The Morgan fingerprint density at radius 3 is 1.68 bits per heavy atom. The smallest absolute Gasteiger partial charge is 0.253 e. The molecule has 0 saturated carbocycles. The van der Waals surface area contributed by atoms with E-state index in [-0.39, 0.29) is 11.8 Å². The Kier molecular flexibility index (Phi) is 5.69. The first-order chi connectivity index (χ1) is 12.3. The van der Waals surface area contributed by atoms with Gasteiger partial charge in [0.1, 0.15) is 11.4 Å². The maximum absolute atomic E-state index is 12.5. The molecule has 0 aromatic carbocycles. The summed E-state index contributed by atoms with van der Waals surface area (Å²) < 4.78 is 0. The van der Waals surface area contributed by atoms with E-state index < -0.39 is 0 Å². The molecule has 2 amide bonds. The molecule has 7 nitrogen and oxygen atoms in total. The Bertz CT molecular complexity index is 699. The number of amides is 2. The summed E-state index contributed by atoms with van der Waals surface area (Å²) >= 11 is 0. The van der Waals surface area contributed by atoms with Crippen LogP contribution in [0.15, 0.2) is 36.7 Å². The molecular weight excluding hydrogens is 318 g/mol. The van der Waals surface area contributed by atoms with Crippen molar-refractivity contribution in [1.82, 2.24) is 25.9 Å². The second-order valence-electron chi connectivity index (χ2n) is 5.77. The summed E-state index contributed by atoms with van der Waals surface area (Å²) in [5.74, 6) is -0.426. The van der Waals surface area contributed by atoms with E-state index in [1.54, 1.807) is 36.7 Å². The highest BCUT2D eigenvalue weighted by molar-refractivity contribution is 6.04. The van der Waals surface area contributed by atoms with Crippen molar-refractivity contribution >= 4 is 11.8 Å².